The fraction of sp³-hybridized carbons (Fsp3) is 0.154. The van der Waals surface area contributed by atoms with Gasteiger partial charge >= 0.3 is 0 Å². The molecule has 0 atom stereocenters. The van der Waals surface area contributed by atoms with Crippen LogP contribution in [0.25, 0.3) is 0 Å². The summed E-state index contributed by atoms with van der Waals surface area (Å²) in [6, 6.07) is 6.63. The van der Waals surface area contributed by atoms with Gasteiger partial charge in [-0.15, -0.1) is 0 Å². The number of aromatic nitrogens is 2. The van der Waals surface area contributed by atoms with Gasteiger partial charge in [0, 0.05) is 0 Å². The van der Waals surface area contributed by atoms with Crippen molar-refractivity contribution < 1.29 is 14.5 Å². The number of hydrogen-bond donors (Lipinski definition) is 3. The molecule has 98 valence electrons. The highest BCUT2D eigenvalue weighted by Gasteiger charge is 2.05. The van der Waals surface area contributed by atoms with Crippen LogP contribution in [-0.4, -0.2) is 21.7 Å². The number of benzene rings is 1. The maximum Gasteiger partial charge on any atom is 0.282 e. The highest BCUT2D eigenvalue weighted by Crippen LogP contribution is 2.10. The zero-order valence-electron chi connectivity index (χ0n) is 10.5. The molecule has 1 aromatic heterocycles. The number of H-pyrrole nitrogens is 1. The number of nitrogens with zero attached hydrogens (tertiary/aromatic N) is 2. The van der Waals surface area contributed by atoms with Gasteiger partial charge in [0.2, 0.25) is 6.33 Å². The van der Waals surface area contributed by atoms with E-state index in [0.29, 0.717) is 5.71 Å². The molecule has 0 unspecified atom stereocenters. The first-order chi connectivity index (χ1) is 9.15. The number of nitrogens with one attached hydrogen (secondary N) is 2. The highest BCUT2D eigenvalue weighted by atomic mass is 16.3. The lowest BCUT2D eigenvalue weighted by Crippen LogP contribution is -2.39. The Morgan fingerprint density at radius 3 is 2.79 bits per heavy atom. The van der Waals surface area contributed by atoms with Crippen molar-refractivity contribution in [3.63, 3.8) is 0 Å². The number of phenols is 1. The van der Waals surface area contributed by atoms with Gasteiger partial charge in [-0.05, 0) is 36.8 Å². The number of hydrazone groups is 1. The minimum absolute atomic E-state index is 0.199. The molecule has 19 heavy (non-hydrogen) atoms. The Kier molecular flexibility index (Phi) is 3.92. The number of aromatic hydroxyl groups is 1. The summed E-state index contributed by atoms with van der Waals surface area (Å²) < 4.78 is 1.71. The third-order valence-corrected chi connectivity index (χ3v) is 2.56. The third kappa shape index (κ3) is 3.67. The summed E-state index contributed by atoms with van der Waals surface area (Å²) in [5.74, 6) is -0.00725. The molecular weight excluding hydrogens is 244 g/mol. The topological polar surface area (TPSA) is 81.4 Å². The van der Waals surface area contributed by atoms with Gasteiger partial charge in [0.05, 0.1) is 5.71 Å². The number of phenolic OH excluding ortho intramolecular Hbond substituents is 1. The Morgan fingerprint density at radius 1 is 1.42 bits per heavy atom. The third-order valence-electron chi connectivity index (χ3n) is 2.56. The molecule has 1 amide bonds. The molecule has 3 N–H and O–H groups in total. The van der Waals surface area contributed by atoms with Crippen LogP contribution in [0.3, 0.4) is 0 Å². The molecule has 0 spiro atoms. The van der Waals surface area contributed by atoms with E-state index >= 15 is 0 Å². The molecule has 6 heteroatoms. The van der Waals surface area contributed by atoms with Crippen LogP contribution in [0.15, 0.2) is 48.1 Å². The number of imidazole rings is 1. The maximum absolute atomic E-state index is 11.6. The van der Waals surface area contributed by atoms with E-state index in [0.717, 1.165) is 5.56 Å². The summed E-state index contributed by atoms with van der Waals surface area (Å²) in [5.41, 5.74) is 4.00. The van der Waals surface area contributed by atoms with Crippen molar-refractivity contribution in [2.75, 3.05) is 0 Å². The van der Waals surface area contributed by atoms with E-state index in [-0.39, 0.29) is 18.2 Å². The van der Waals surface area contributed by atoms with Crippen LogP contribution in [0.4, 0.5) is 0 Å². The quantitative estimate of drug-likeness (QED) is 0.426. The monoisotopic (exact) mass is 259 g/mol. The van der Waals surface area contributed by atoms with Crippen molar-refractivity contribution in [2.45, 2.75) is 13.5 Å². The van der Waals surface area contributed by atoms with Crippen LogP contribution in [0.1, 0.15) is 12.5 Å². The Morgan fingerprint density at radius 2 is 2.16 bits per heavy atom. The second-order valence-electron chi connectivity index (χ2n) is 4.06. The second-order valence-corrected chi connectivity index (χ2v) is 4.06. The Balaban J connectivity index is 1.94. The molecule has 1 aromatic carbocycles. The maximum atomic E-state index is 11.6. The minimum Gasteiger partial charge on any atom is -0.508 e. The van der Waals surface area contributed by atoms with Crippen molar-refractivity contribution in [1.82, 2.24) is 10.4 Å². The Hall–Kier alpha value is -2.63. The van der Waals surface area contributed by atoms with E-state index in [1.165, 1.54) is 0 Å². The first-order valence-electron chi connectivity index (χ1n) is 5.79. The van der Waals surface area contributed by atoms with Gasteiger partial charge in [-0.1, -0.05) is 0 Å². The van der Waals surface area contributed by atoms with Crippen molar-refractivity contribution in [2.24, 2.45) is 5.10 Å². The number of carbonyl (C=O) groups excluding carboxylic acids is 1. The molecule has 0 bridgehead atoms. The van der Waals surface area contributed by atoms with E-state index in [1.54, 1.807) is 54.5 Å². The van der Waals surface area contributed by atoms with Crippen LogP contribution >= 0.6 is 0 Å². The first-order valence-corrected chi connectivity index (χ1v) is 5.79. The number of carbonyl (C=O) groups is 1. The summed E-state index contributed by atoms with van der Waals surface area (Å²) in [6.07, 6.45) is 5.19. The van der Waals surface area contributed by atoms with Crippen molar-refractivity contribution >= 4 is 11.6 Å². The van der Waals surface area contributed by atoms with Gasteiger partial charge in [-0.3, -0.25) is 9.78 Å². The lowest BCUT2D eigenvalue weighted by molar-refractivity contribution is -0.683. The largest absolute Gasteiger partial charge is 0.508 e. The molecule has 0 aliphatic rings. The van der Waals surface area contributed by atoms with Gasteiger partial charge in [0.25, 0.3) is 5.91 Å². The SMILES string of the molecule is CC(=NNC(=O)C[n+]1cc[nH]c1)c1ccc(O)cc1. The zero-order chi connectivity index (χ0) is 13.7. The van der Waals surface area contributed by atoms with Crippen molar-refractivity contribution in [3.8, 4) is 5.75 Å². The van der Waals surface area contributed by atoms with Crippen molar-refractivity contribution in [1.29, 1.82) is 0 Å². The van der Waals surface area contributed by atoms with Gasteiger partial charge in [0.15, 0.2) is 6.54 Å². The van der Waals surface area contributed by atoms with E-state index in [9.17, 15) is 9.90 Å². The molecule has 0 fully saturated rings. The summed E-state index contributed by atoms with van der Waals surface area (Å²) in [6.45, 7) is 1.99. The number of hydrogen-bond acceptors (Lipinski definition) is 3. The van der Waals surface area contributed by atoms with Crippen LogP contribution in [0, 0.1) is 0 Å². The molecule has 0 aliphatic carbocycles. The van der Waals surface area contributed by atoms with Gasteiger partial charge < -0.3 is 5.11 Å². The first kappa shape index (κ1) is 12.8. The average molecular weight is 259 g/mol. The van der Waals surface area contributed by atoms with Crippen molar-refractivity contribution in [3.05, 3.63) is 48.5 Å². The molecule has 0 saturated heterocycles. The fourth-order valence-electron chi connectivity index (χ4n) is 1.53. The predicted molar refractivity (Wildman–Crippen MR) is 69.4 cm³/mol. The lowest BCUT2D eigenvalue weighted by Gasteiger charge is -2.02. The second kappa shape index (κ2) is 5.81. The van der Waals surface area contributed by atoms with E-state index < -0.39 is 0 Å². The zero-order valence-corrected chi connectivity index (χ0v) is 10.5. The predicted octanol–water partition coefficient (Wildman–Crippen LogP) is 0.548. The summed E-state index contributed by atoms with van der Waals surface area (Å²) >= 11 is 0. The van der Waals surface area contributed by atoms with Gasteiger partial charge in [0.1, 0.15) is 18.1 Å². The Labute approximate surface area is 110 Å². The van der Waals surface area contributed by atoms with Gasteiger partial charge in [-0.25, -0.2) is 9.99 Å². The Bertz CT molecular complexity index is 573. The smallest absolute Gasteiger partial charge is 0.282 e. The van der Waals surface area contributed by atoms with Gasteiger partial charge in [-0.2, -0.15) is 5.10 Å². The highest BCUT2D eigenvalue weighted by molar-refractivity contribution is 5.99. The standard InChI is InChI=1S/C13H14N4O2/c1-10(11-2-4-12(18)5-3-11)15-16-13(19)8-17-7-6-14-9-17/h2-7,9H,8H2,1H3,(H2,15,16,18,19)/p+1. The number of amides is 1. The summed E-state index contributed by atoms with van der Waals surface area (Å²) in [7, 11) is 0. The molecule has 2 aromatic rings. The molecule has 0 aliphatic heterocycles. The molecule has 1 heterocycles. The normalized spacial score (nSPS) is 11.3. The molecule has 0 radical (unpaired) electrons. The minimum atomic E-state index is -0.206. The van der Waals surface area contributed by atoms with Crippen LogP contribution < -0.4 is 9.99 Å². The summed E-state index contributed by atoms with van der Waals surface area (Å²) in [5, 5.41) is 13.2. The summed E-state index contributed by atoms with van der Waals surface area (Å²) in [4.78, 5) is 14.5. The van der Waals surface area contributed by atoms with E-state index in [1.807, 2.05) is 0 Å². The molecular formula is C13H15N4O2+. The van der Waals surface area contributed by atoms with Crippen LogP contribution in [0.2, 0.25) is 0 Å². The van der Waals surface area contributed by atoms with E-state index in [2.05, 4.69) is 15.5 Å². The molecule has 0 saturated carbocycles. The number of rotatable bonds is 4. The lowest BCUT2D eigenvalue weighted by atomic mass is 10.1. The van der Waals surface area contributed by atoms with Crippen LogP contribution in [0.5, 0.6) is 5.75 Å². The molecule has 6 nitrogen and oxygen atoms in total. The van der Waals surface area contributed by atoms with Crippen LogP contribution in [-0.2, 0) is 11.3 Å². The average Bonchev–Trinajstić information content (AvgIpc) is 2.89. The molecule has 2 rings (SSSR count). The fourth-order valence-corrected chi connectivity index (χ4v) is 1.53. The number of aromatic amines is 1. The van der Waals surface area contributed by atoms with E-state index in [4.69, 9.17) is 0 Å².